The number of benzene rings is 2. The van der Waals surface area contributed by atoms with E-state index in [1.165, 1.54) is 0 Å². The minimum atomic E-state index is -3.47. The molecule has 0 saturated carbocycles. The summed E-state index contributed by atoms with van der Waals surface area (Å²) in [5.74, 6) is 0. The second-order valence-corrected chi connectivity index (χ2v) is 8.01. The molecule has 0 aliphatic heterocycles. The third kappa shape index (κ3) is 5.17. The Hall–Kier alpha value is -1.67. The third-order valence-corrected chi connectivity index (χ3v) is 5.54. The van der Waals surface area contributed by atoms with E-state index >= 15 is 0 Å². The molecule has 0 bridgehead atoms. The predicted octanol–water partition coefficient (Wildman–Crippen LogP) is 6.23. The molecule has 0 saturated heterocycles. The number of hydrogen-bond acceptors (Lipinski definition) is 3. The summed E-state index contributed by atoms with van der Waals surface area (Å²) < 4.78 is 25.2. The quantitative estimate of drug-likeness (QED) is 0.441. The SMILES string of the molecule is CC(C)OP(=O)(OC(C)C)/C(=C/c1ccccc1)c1ccccc1. The molecular weight excluding hydrogens is 319 g/mol. The lowest BCUT2D eigenvalue weighted by Crippen LogP contribution is -2.09. The molecule has 0 unspecified atom stereocenters. The van der Waals surface area contributed by atoms with Crippen LogP contribution in [0.25, 0.3) is 11.4 Å². The van der Waals surface area contributed by atoms with Gasteiger partial charge >= 0.3 is 7.60 Å². The highest BCUT2D eigenvalue weighted by Gasteiger charge is 2.33. The van der Waals surface area contributed by atoms with Crippen molar-refractivity contribution in [3.8, 4) is 0 Å². The highest BCUT2D eigenvalue weighted by Crippen LogP contribution is 2.62. The lowest BCUT2D eigenvalue weighted by molar-refractivity contribution is 0.151. The van der Waals surface area contributed by atoms with Gasteiger partial charge in [0.2, 0.25) is 0 Å². The van der Waals surface area contributed by atoms with E-state index in [1.54, 1.807) is 0 Å². The van der Waals surface area contributed by atoms with Crippen LogP contribution in [0.4, 0.5) is 0 Å². The molecule has 0 aromatic heterocycles. The smallest absolute Gasteiger partial charge is 0.302 e. The molecule has 0 aliphatic rings. The molecule has 0 atom stereocenters. The molecule has 128 valence electrons. The molecule has 0 amide bonds. The van der Waals surface area contributed by atoms with Crippen molar-refractivity contribution in [1.29, 1.82) is 0 Å². The standard InChI is InChI=1S/C20H25O3P/c1-16(2)22-24(21,23-17(3)4)20(19-13-9-6-10-14-19)15-18-11-7-5-8-12-18/h5-17H,1-4H3/b20-15+. The van der Waals surface area contributed by atoms with Crippen LogP contribution in [0.3, 0.4) is 0 Å². The maximum Gasteiger partial charge on any atom is 0.362 e. The number of hydrogen-bond donors (Lipinski definition) is 0. The Morgan fingerprint density at radius 1 is 0.833 bits per heavy atom. The van der Waals surface area contributed by atoms with Crippen LogP contribution in [0.1, 0.15) is 38.8 Å². The molecule has 2 aromatic carbocycles. The van der Waals surface area contributed by atoms with Crippen LogP contribution in [-0.2, 0) is 13.6 Å². The Balaban J connectivity index is 2.59. The molecule has 4 heteroatoms. The van der Waals surface area contributed by atoms with Crippen molar-refractivity contribution in [3.63, 3.8) is 0 Å². The zero-order chi connectivity index (χ0) is 17.6. The largest absolute Gasteiger partial charge is 0.362 e. The molecule has 2 rings (SSSR count). The van der Waals surface area contributed by atoms with E-state index in [0.717, 1.165) is 11.1 Å². The van der Waals surface area contributed by atoms with Gasteiger partial charge in [0.1, 0.15) is 0 Å². The lowest BCUT2D eigenvalue weighted by atomic mass is 10.1. The molecule has 0 N–H and O–H groups in total. The first-order chi connectivity index (χ1) is 11.4. The second-order valence-electron chi connectivity index (χ2n) is 6.11. The summed E-state index contributed by atoms with van der Waals surface area (Å²) in [5, 5.41) is 0.580. The topological polar surface area (TPSA) is 35.5 Å². The fourth-order valence-corrected chi connectivity index (χ4v) is 4.49. The van der Waals surface area contributed by atoms with Crippen molar-refractivity contribution in [2.24, 2.45) is 0 Å². The molecule has 3 nitrogen and oxygen atoms in total. The average molecular weight is 344 g/mol. The van der Waals surface area contributed by atoms with Crippen molar-refractivity contribution in [3.05, 3.63) is 71.8 Å². The van der Waals surface area contributed by atoms with Gasteiger partial charge in [-0.25, -0.2) is 0 Å². The van der Waals surface area contributed by atoms with Crippen molar-refractivity contribution in [2.75, 3.05) is 0 Å². The van der Waals surface area contributed by atoms with E-state index < -0.39 is 7.60 Å². The lowest BCUT2D eigenvalue weighted by Gasteiger charge is -2.25. The van der Waals surface area contributed by atoms with Crippen LogP contribution in [0.2, 0.25) is 0 Å². The van der Waals surface area contributed by atoms with Crippen molar-refractivity contribution >= 4 is 19.0 Å². The highest BCUT2D eigenvalue weighted by atomic mass is 31.2. The number of rotatable bonds is 7. The van der Waals surface area contributed by atoms with Gasteiger partial charge < -0.3 is 9.05 Å². The van der Waals surface area contributed by atoms with Crippen molar-refractivity contribution in [2.45, 2.75) is 39.9 Å². The van der Waals surface area contributed by atoms with E-state index in [2.05, 4.69) is 0 Å². The molecule has 2 aromatic rings. The van der Waals surface area contributed by atoms with Crippen molar-refractivity contribution < 1.29 is 13.6 Å². The summed E-state index contributed by atoms with van der Waals surface area (Å²) in [6, 6.07) is 19.4. The molecule has 0 radical (unpaired) electrons. The van der Waals surface area contributed by atoms with Gasteiger partial charge in [0.05, 0.1) is 17.5 Å². The van der Waals surface area contributed by atoms with Gasteiger partial charge in [0.15, 0.2) is 0 Å². The first-order valence-corrected chi connectivity index (χ1v) is 9.74. The Bertz CT molecular complexity index is 692. The Morgan fingerprint density at radius 2 is 1.29 bits per heavy atom. The molecule has 0 heterocycles. The van der Waals surface area contributed by atoms with Crippen molar-refractivity contribution in [1.82, 2.24) is 0 Å². The van der Waals surface area contributed by atoms with E-state index in [-0.39, 0.29) is 12.2 Å². The van der Waals surface area contributed by atoms with E-state index in [0.29, 0.717) is 5.31 Å². The maximum atomic E-state index is 13.6. The molecule has 0 fully saturated rings. The first-order valence-electron chi connectivity index (χ1n) is 8.20. The van der Waals surface area contributed by atoms with Gasteiger partial charge in [-0.15, -0.1) is 0 Å². The summed E-state index contributed by atoms with van der Waals surface area (Å²) in [4.78, 5) is 0. The Kier molecular flexibility index (Phi) is 6.56. The summed E-state index contributed by atoms with van der Waals surface area (Å²) in [5.41, 5.74) is 1.79. The van der Waals surface area contributed by atoms with E-state index in [4.69, 9.17) is 9.05 Å². The first kappa shape index (κ1) is 18.7. The van der Waals surface area contributed by atoms with Gasteiger partial charge in [-0.1, -0.05) is 60.7 Å². The van der Waals surface area contributed by atoms with Crippen LogP contribution >= 0.6 is 7.60 Å². The van der Waals surface area contributed by atoms with Crippen LogP contribution in [0.15, 0.2) is 60.7 Å². The molecular formula is C20H25O3P. The van der Waals surface area contributed by atoms with Crippen LogP contribution in [0, 0.1) is 0 Å². The van der Waals surface area contributed by atoms with Gasteiger partial charge in [0, 0.05) is 0 Å². The zero-order valence-electron chi connectivity index (χ0n) is 14.7. The molecule has 0 aliphatic carbocycles. The van der Waals surface area contributed by atoms with Crippen LogP contribution < -0.4 is 0 Å². The Morgan fingerprint density at radius 3 is 1.75 bits per heavy atom. The van der Waals surface area contributed by atoms with E-state index in [9.17, 15) is 4.57 Å². The average Bonchev–Trinajstić information content (AvgIpc) is 2.52. The minimum absolute atomic E-state index is 0.211. The fraction of sp³-hybridized carbons (Fsp3) is 0.300. The minimum Gasteiger partial charge on any atom is -0.302 e. The summed E-state index contributed by atoms with van der Waals surface area (Å²) in [6.07, 6.45) is 1.47. The molecule has 0 spiro atoms. The summed E-state index contributed by atoms with van der Waals surface area (Å²) in [7, 11) is -3.47. The fourth-order valence-electron chi connectivity index (χ4n) is 2.33. The predicted molar refractivity (Wildman–Crippen MR) is 101 cm³/mol. The monoisotopic (exact) mass is 344 g/mol. The maximum absolute atomic E-state index is 13.6. The highest BCUT2D eigenvalue weighted by molar-refractivity contribution is 7.65. The third-order valence-electron chi connectivity index (χ3n) is 3.17. The van der Waals surface area contributed by atoms with Crippen LogP contribution in [-0.4, -0.2) is 12.2 Å². The van der Waals surface area contributed by atoms with Gasteiger partial charge in [-0.3, -0.25) is 4.57 Å². The Labute approximate surface area is 144 Å². The normalized spacial score (nSPS) is 12.8. The molecule has 24 heavy (non-hydrogen) atoms. The summed E-state index contributed by atoms with van der Waals surface area (Å²) >= 11 is 0. The zero-order valence-corrected chi connectivity index (χ0v) is 15.6. The second kappa shape index (κ2) is 8.43. The van der Waals surface area contributed by atoms with Gasteiger partial charge in [-0.05, 0) is 44.9 Å². The summed E-state index contributed by atoms with van der Waals surface area (Å²) in [6.45, 7) is 7.45. The van der Waals surface area contributed by atoms with Crippen LogP contribution in [0.5, 0.6) is 0 Å². The van der Waals surface area contributed by atoms with Gasteiger partial charge in [0.25, 0.3) is 0 Å². The van der Waals surface area contributed by atoms with E-state index in [1.807, 2.05) is 94.4 Å². The van der Waals surface area contributed by atoms with Gasteiger partial charge in [-0.2, -0.15) is 0 Å².